The molecular formula is C38H61N5O11. The van der Waals surface area contributed by atoms with Crippen molar-refractivity contribution in [3.05, 3.63) is 71.8 Å². The van der Waals surface area contributed by atoms with Gasteiger partial charge in [0.1, 0.15) is 48.1 Å². The van der Waals surface area contributed by atoms with Crippen molar-refractivity contribution in [2.75, 3.05) is 27.4 Å². The van der Waals surface area contributed by atoms with Crippen molar-refractivity contribution < 1.29 is 54.0 Å². The molecule has 1 aliphatic carbocycles. The Labute approximate surface area is 317 Å². The minimum Gasteiger partial charge on any atom is -0.497 e. The van der Waals surface area contributed by atoms with Gasteiger partial charge in [-0.25, -0.2) is 0 Å². The van der Waals surface area contributed by atoms with Gasteiger partial charge < -0.3 is 82.6 Å². The minimum absolute atomic E-state index is 0.0542. The third-order valence-corrected chi connectivity index (χ3v) is 9.36. The number of aliphatic hydroxyl groups is 5. The molecule has 304 valence electrons. The van der Waals surface area contributed by atoms with Crippen LogP contribution in [0.15, 0.2) is 60.7 Å². The van der Waals surface area contributed by atoms with E-state index in [9.17, 15) is 25.5 Å². The lowest BCUT2D eigenvalue weighted by Gasteiger charge is -2.47. The number of allylic oxidation sites excluding steroid dienone is 2. The third-order valence-electron chi connectivity index (χ3n) is 9.36. The van der Waals surface area contributed by atoms with Gasteiger partial charge in [-0.2, -0.15) is 0 Å². The number of rotatable bonds is 10. The quantitative estimate of drug-likeness (QED) is 0.141. The average Bonchev–Trinajstić information content (AvgIpc) is 3.17. The normalized spacial score (nSPS) is 35.4. The van der Waals surface area contributed by atoms with Gasteiger partial charge in [-0.3, -0.25) is 0 Å². The molecule has 2 aromatic carbocycles. The van der Waals surface area contributed by atoms with Gasteiger partial charge in [-0.05, 0) is 62.1 Å². The van der Waals surface area contributed by atoms with Crippen molar-refractivity contribution in [2.45, 2.75) is 112 Å². The Morgan fingerprint density at radius 2 is 1.11 bits per heavy atom. The Morgan fingerprint density at radius 3 is 1.54 bits per heavy atom. The zero-order valence-electron chi connectivity index (χ0n) is 31.4. The Bertz CT molecular complexity index is 1350. The maximum atomic E-state index is 11.0. The van der Waals surface area contributed by atoms with E-state index in [4.69, 9.17) is 57.1 Å². The topological polar surface area (TPSA) is 287 Å². The number of aliphatic hydroxyl groups excluding tert-OH is 5. The van der Waals surface area contributed by atoms with Gasteiger partial charge in [0.05, 0.1) is 45.1 Å². The molecule has 0 unspecified atom stereocenters. The maximum Gasteiger partial charge on any atom is 0.186 e. The molecule has 16 heteroatoms. The molecule has 0 aromatic heterocycles. The lowest BCUT2D eigenvalue weighted by Crippen LogP contribution is -2.68. The highest BCUT2D eigenvalue weighted by molar-refractivity contribution is 5.50. The SMILES string of the molecule is C/C=C/c1ccc(OC)cc1.C/C=C/c1ccc(OC)cc1.NC[C@H]1O[C@H](O[C@H]2[C@H](O)[C@@H](O[C@H]3O[C@H](CO)[C@@H](O)[C@H](N)[C@H]3O)[C@H](N)C[C@@H]2N)[C@H](N)C[C@@H]1O. The van der Waals surface area contributed by atoms with Gasteiger partial charge in [-0.1, -0.05) is 48.6 Å². The van der Waals surface area contributed by atoms with E-state index in [0.29, 0.717) is 0 Å². The summed E-state index contributed by atoms with van der Waals surface area (Å²) >= 11 is 0. The minimum atomic E-state index is -1.44. The van der Waals surface area contributed by atoms with Crippen LogP contribution >= 0.6 is 0 Å². The van der Waals surface area contributed by atoms with Crippen molar-refractivity contribution in [3.63, 3.8) is 0 Å². The van der Waals surface area contributed by atoms with Crippen LogP contribution in [0.4, 0.5) is 0 Å². The number of benzene rings is 2. The summed E-state index contributed by atoms with van der Waals surface area (Å²) in [5.74, 6) is 1.80. The first-order valence-electron chi connectivity index (χ1n) is 18.0. The highest BCUT2D eigenvalue weighted by Gasteiger charge is 2.50. The second-order valence-electron chi connectivity index (χ2n) is 13.3. The summed E-state index contributed by atoms with van der Waals surface area (Å²) in [6, 6.07) is 12.7. The highest BCUT2D eigenvalue weighted by Crippen LogP contribution is 2.31. The molecule has 54 heavy (non-hydrogen) atoms. The van der Waals surface area contributed by atoms with Crippen molar-refractivity contribution in [1.29, 1.82) is 0 Å². The van der Waals surface area contributed by atoms with E-state index in [1.54, 1.807) is 14.2 Å². The fourth-order valence-corrected chi connectivity index (χ4v) is 6.24. The molecule has 2 aliphatic heterocycles. The second kappa shape index (κ2) is 22.5. The maximum absolute atomic E-state index is 11.0. The molecule has 5 rings (SSSR count). The first-order valence-corrected chi connectivity index (χ1v) is 18.0. The molecule has 2 aromatic rings. The van der Waals surface area contributed by atoms with Crippen molar-refractivity contribution in [3.8, 4) is 11.5 Å². The van der Waals surface area contributed by atoms with Crippen LogP contribution in [0.5, 0.6) is 11.5 Å². The summed E-state index contributed by atoms with van der Waals surface area (Å²) in [5.41, 5.74) is 32.2. The first-order chi connectivity index (χ1) is 25.8. The van der Waals surface area contributed by atoms with Gasteiger partial charge in [0.25, 0.3) is 0 Å². The van der Waals surface area contributed by atoms with E-state index in [1.807, 2.05) is 74.5 Å². The third kappa shape index (κ3) is 12.5. The summed E-state index contributed by atoms with van der Waals surface area (Å²) in [6.07, 6.45) is -2.62. The molecule has 0 bridgehead atoms. The van der Waals surface area contributed by atoms with Gasteiger partial charge in [0, 0.05) is 18.6 Å². The van der Waals surface area contributed by atoms with Gasteiger partial charge >= 0.3 is 0 Å². The molecule has 2 saturated heterocycles. The van der Waals surface area contributed by atoms with Gasteiger partial charge in [0.2, 0.25) is 0 Å². The lowest BCUT2D eigenvalue weighted by molar-refractivity contribution is -0.314. The van der Waals surface area contributed by atoms with Crippen LogP contribution in [-0.4, -0.2) is 138 Å². The summed E-state index contributed by atoms with van der Waals surface area (Å²) in [5, 5.41) is 50.7. The summed E-state index contributed by atoms with van der Waals surface area (Å²) in [7, 11) is 3.34. The van der Waals surface area contributed by atoms with Crippen LogP contribution in [0.2, 0.25) is 0 Å². The number of ether oxygens (including phenoxy) is 6. The zero-order valence-corrected chi connectivity index (χ0v) is 31.4. The van der Waals surface area contributed by atoms with E-state index in [-0.39, 0.29) is 19.4 Å². The van der Waals surface area contributed by atoms with Crippen LogP contribution in [-0.2, 0) is 18.9 Å². The number of hydrogen-bond donors (Lipinski definition) is 10. The average molecular weight is 764 g/mol. The standard InChI is InChI=1S/C18H37N5O9.2C10H12O/c19-3-9-8(25)2-7(22)17(29-9)31-15-5(20)1-6(21)16(14(15)28)32-18-13(27)11(23)12(26)10(4-24)30-18;2*1-3-4-9-5-7-10(11-2)8-6-9/h5-18,24-28H,1-4,19-23H2;2*3-8H,1-2H3/b;2*4-3+/t5-,6+,7+,8-,9+,10+,11-,12+,13+,14-,15+,16-,17+,18+;;/m0../s1. The van der Waals surface area contributed by atoms with E-state index in [2.05, 4.69) is 12.2 Å². The fraction of sp³-hybridized carbons (Fsp3) is 0.579. The Hall–Kier alpha value is -3.04. The molecule has 14 atom stereocenters. The molecule has 15 N–H and O–H groups in total. The van der Waals surface area contributed by atoms with Crippen molar-refractivity contribution in [1.82, 2.24) is 0 Å². The Balaban J connectivity index is 0.000000288. The predicted octanol–water partition coefficient (Wildman–Crippen LogP) is -0.839. The number of hydrogen-bond acceptors (Lipinski definition) is 16. The number of methoxy groups -OCH3 is 2. The smallest absolute Gasteiger partial charge is 0.186 e. The van der Waals surface area contributed by atoms with E-state index < -0.39 is 92.2 Å². The highest BCUT2D eigenvalue weighted by atomic mass is 16.7. The van der Waals surface area contributed by atoms with Gasteiger partial charge in [-0.15, -0.1) is 0 Å². The Morgan fingerprint density at radius 1 is 0.648 bits per heavy atom. The Kier molecular flexibility index (Phi) is 18.9. The van der Waals surface area contributed by atoms with Crippen LogP contribution in [0, 0.1) is 0 Å². The van der Waals surface area contributed by atoms with Gasteiger partial charge in [0.15, 0.2) is 12.6 Å². The van der Waals surface area contributed by atoms with Crippen LogP contribution in [0.1, 0.15) is 37.8 Å². The fourth-order valence-electron chi connectivity index (χ4n) is 6.24. The van der Waals surface area contributed by atoms with Crippen LogP contribution in [0.3, 0.4) is 0 Å². The molecule has 1 saturated carbocycles. The predicted molar refractivity (Wildman–Crippen MR) is 204 cm³/mol. The largest absolute Gasteiger partial charge is 0.497 e. The monoisotopic (exact) mass is 763 g/mol. The van der Waals surface area contributed by atoms with E-state index in [1.165, 1.54) is 11.1 Å². The summed E-state index contributed by atoms with van der Waals surface area (Å²) < 4.78 is 32.8. The molecule has 2 heterocycles. The van der Waals surface area contributed by atoms with Crippen molar-refractivity contribution >= 4 is 12.2 Å². The summed E-state index contributed by atoms with van der Waals surface area (Å²) in [6.45, 7) is 3.51. The summed E-state index contributed by atoms with van der Waals surface area (Å²) in [4.78, 5) is 0. The molecule has 0 spiro atoms. The molecule has 3 fully saturated rings. The first kappa shape index (κ1) is 45.4. The lowest BCUT2D eigenvalue weighted by atomic mass is 9.84. The molecule has 0 radical (unpaired) electrons. The van der Waals surface area contributed by atoms with E-state index in [0.717, 1.165) is 11.5 Å². The molecular weight excluding hydrogens is 702 g/mol. The van der Waals surface area contributed by atoms with Crippen LogP contribution in [0.25, 0.3) is 12.2 Å². The number of nitrogens with two attached hydrogens (primary N) is 5. The molecule has 0 amide bonds. The zero-order chi connectivity index (χ0) is 39.9. The van der Waals surface area contributed by atoms with Crippen molar-refractivity contribution in [2.24, 2.45) is 28.7 Å². The molecule has 3 aliphatic rings. The molecule has 16 nitrogen and oxygen atoms in total. The van der Waals surface area contributed by atoms with E-state index >= 15 is 0 Å². The van der Waals surface area contributed by atoms with Crippen LogP contribution < -0.4 is 38.1 Å². The second-order valence-corrected chi connectivity index (χ2v) is 13.3.